The topological polar surface area (TPSA) is 118 Å². The molecule has 25 heavy (non-hydrogen) atoms. The molecule has 0 heterocycles. The van der Waals surface area contributed by atoms with Gasteiger partial charge < -0.3 is 10.2 Å². The van der Waals surface area contributed by atoms with Gasteiger partial charge in [-0.2, -0.15) is 0 Å². The van der Waals surface area contributed by atoms with Crippen molar-refractivity contribution in [1.82, 2.24) is 0 Å². The second kappa shape index (κ2) is 8.05. The van der Waals surface area contributed by atoms with Gasteiger partial charge >= 0.3 is 11.9 Å². The first-order valence-electron chi connectivity index (χ1n) is 7.34. The molecule has 0 atom stereocenters. The van der Waals surface area contributed by atoms with E-state index in [0.29, 0.717) is 11.1 Å². The molecule has 0 saturated carbocycles. The number of hydrogen-bond acceptors (Lipinski definition) is 4. The number of rotatable bonds is 3. The fourth-order valence-corrected chi connectivity index (χ4v) is 2.22. The molecule has 0 aliphatic carbocycles. The third-order valence-electron chi connectivity index (χ3n) is 3.58. The predicted molar refractivity (Wildman–Crippen MR) is 92.4 cm³/mol. The van der Waals surface area contributed by atoms with Gasteiger partial charge in [-0.05, 0) is 51.0 Å². The summed E-state index contributed by atoms with van der Waals surface area (Å²) < 4.78 is 0. The summed E-state index contributed by atoms with van der Waals surface area (Å²) in [6, 6.07) is 8.19. The highest BCUT2D eigenvalue weighted by molar-refractivity contribution is 5.91. The monoisotopic (exact) mass is 345 g/mol. The molecule has 0 bridgehead atoms. The molecule has 0 radical (unpaired) electrons. The van der Waals surface area contributed by atoms with Crippen LogP contribution in [0.25, 0.3) is 0 Å². The van der Waals surface area contributed by atoms with E-state index in [9.17, 15) is 19.7 Å². The predicted octanol–water partition coefficient (Wildman–Crippen LogP) is 3.91. The van der Waals surface area contributed by atoms with E-state index in [-0.39, 0.29) is 16.8 Å². The number of nitro benzene ring substituents is 1. The van der Waals surface area contributed by atoms with Gasteiger partial charge in [0.2, 0.25) is 0 Å². The van der Waals surface area contributed by atoms with Gasteiger partial charge in [-0.3, -0.25) is 10.1 Å². The Hall–Kier alpha value is -3.22. The molecule has 2 aromatic carbocycles. The Bertz CT molecular complexity index is 806. The maximum atomic E-state index is 10.7. The summed E-state index contributed by atoms with van der Waals surface area (Å²) in [5.41, 5.74) is 2.77. The minimum atomic E-state index is -1.14. The fraction of sp³-hybridized carbons (Fsp3) is 0.222. The highest BCUT2D eigenvalue weighted by Gasteiger charge is 2.18. The third-order valence-corrected chi connectivity index (χ3v) is 3.58. The van der Waals surface area contributed by atoms with Crippen LogP contribution in [0.4, 0.5) is 5.69 Å². The smallest absolute Gasteiger partial charge is 0.336 e. The largest absolute Gasteiger partial charge is 0.478 e. The Balaban J connectivity index is 0.000000257. The molecule has 0 spiro atoms. The Morgan fingerprint density at radius 3 is 1.84 bits per heavy atom. The number of nitro groups is 1. The summed E-state index contributed by atoms with van der Waals surface area (Å²) in [6.45, 7) is 6.73. The quantitative estimate of drug-likeness (QED) is 0.643. The summed E-state index contributed by atoms with van der Waals surface area (Å²) in [6.07, 6.45) is 0. The molecule has 0 aliphatic heterocycles. The first-order valence-corrected chi connectivity index (χ1v) is 7.34. The van der Waals surface area contributed by atoms with Crippen LogP contribution in [-0.4, -0.2) is 27.1 Å². The van der Waals surface area contributed by atoms with Gasteiger partial charge in [-0.25, -0.2) is 9.59 Å². The van der Waals surface area contributed by atoms with Gasteiger partial charge in [0.1, 0.15) is 0 Å². The SMILES string of the molecule is Cc1cc(C(=O)O)c(C)c([N+](=O)[O-])c1.Cc1ccc(C)c(C(=O)O)c1. The molecule has 0 unspecified atom stereocenters. The van der Waals surface area contributed by atoms with E-state index >= 15 is 0 Å². The van der Waals surface area contributed by atoms with E-state index in [0.717, 1.165) is 11.1 Å². The Morgan fingerprint density at radius 1 is 0.880 bits per heavy atom. The number of aromatic carboxylic acids is 2. The first kappa shape index (κ1) is 19.8. The molecule has 0 amide bonds. The van der Waals surface area contributed by atoms with Crippen LogP contribution in [0.5, 0.6) is 0 Å². The van der Waals surface area contributed by atoms with Crippen LogP contribution in [0.3, 0.4) is 0 Å². The van der Waals surface area contributed by atoms with Crippen LogP contribution < -0.4 is 0 Å². The molecule has 132 valence electrons. The van der Waals surface area contributed by atoms with Crippen molar-refractivity contribution in [2.45, 2.75) is 27.7 Å². The van der Waals surface area contributed by atoms with Crippen molar-refractivity contribution in [2.75, 3.05) is 0 Å². The van der Waals surface area contributed by atoms with Crippen LogP contribution in [0.2, 0.25) is 0 Å². The van der Waals surface area contributed by atoms with Crippen molar-refractivity contribution in [3.63, 3.8) is 0 Å². The summed E-state index contributed by atoms with van der Waals surface area (Å²) in [5.74, 6) is -2.00. The minimum absolute atomic E-state index is 0.0169. The number of carbonyl (C=O) groups is 2. The lowest BCUT2D eigenvalue weighted by atomic mass is 10.0. The third kappa shape index (κ3) is 5.13. The second-order valence-electron chi connectivity index (χ2n) is 5.64. The van der Waals surface area contributed by atoms with Crippen LogP contribution in [0, 0.1) is 37.8 Å². The van der Waals surface area contributed by atoms with E-state index < -0.39 is 16.9 Å². The molecule has 0 fully saturated rings. The van der Waals surface area contributed by atoms with Gasteiger partial charge in [-0.1, -0.05) is 17.7 Å². The number of carboxylic acid groups (broad SMARTS) is 2. The van der Waals surface area contributed by atoms with Crippen molar-refractivity contribution < 1.29 is 24.7 Å². The van der Waals surface area contributed by atoms with Crippen LogP contribution in [-0.2, 0) is 0 Å². The number of nitrogens with zero attached hydrogens (tertiary/aromatic N) is 1. The molecule has 2 rings (SSSR count). The normalized spacial score (nSPS) is 9.76. The van der Waals surface area contributed by atoms with Crippen molar-refractivity contribution in [2.24, 2.45) is 0 Å². The van der Waals surface area contributed by atoms with Crippen LogP contribution >= 0.6 is 0 Å². The van der Waals surface area contributed by atoms with Gasteiger partial charge in [0.25, 0.3) is 5.69 Å². The molecule has 7 nitrogen and oxygen atoms in total. The van der Waals surface area contributed by atoms with E-state index in [2.05, 4.69) is 0 Å². The number of hydrogen-bond donors (Lipinski definition) is 2. The van der Waals surface area contributed by atoms with Gasteiger partial charge in [0.05, 0.1) is 16.1 Å². The van der Waals surface area contributed by atoms with Gasteiger partial charge in [-0.15, -0.1) is 0 Å². The first-order chi connectivity index (χ1) is 11.5. The molecule has 7 heteroatoms. The molecule has 2 N–H and O–H groups in total. The Labute approximate surface area is 144 Å². The van der Waals surface area contributed by atoms with Crippen molar-refractivity contribution in [3.05, 3.63) is 73.8 Å². The molecule has 0 aromatic heterocycles. The lowest BCUT2D eigenvalue weighted by Gasteiger charge is -2.03. The zero-order valence-electron chi connectivity index (χ0n) is 14.4. The number of benzene rings is 2. The van der Waals surface area contributed by atoms with Crippen molar-refractivity contribution in [1.29, 1.82) is 0 Å². The number of carboxylic acids is 2. The minimum Gasteiger partial charge on any atom is -0.478 e. The summed E-state index contributed by atoms with van der Waals surface area (Å²) in [4.78, 5) is 31.3. The van der Waals surface area contributed by atoms with Crippen LogP contribution in [0.1, 0.15) is 43.0 Å². The molecule has 0 aliphatic rings. The zero-order valence-corrected chi connectivity index (χ0v) is 14.4. The van der Waals surface area contributed by atoms with Gasteiger partial charge in [0.15, 0.2) is 0 Å². The number of aryl methyl sites for hydroxylation is 3. The van der Waals surface area contributed by atoms with Crippen LogP contribution in [0.15, 0.2) is 30.3 Å². The van der Waals surface area contributed by atoms with Crippen molar-refractivity contribution >= 4 is 17.6 Å². The Morgan fingerprint density at radius 2 is 1.40 bits per heavy atom. The fourth-order valence-electron chi connectivity index (χ4n) is 2.22. The summed E-state index contributed by atoms with van der Waals surface area (Å²) in [5, 5.41) is 28.0. The van der Waals surface area contributed by atoms with E-state index in [4.69, 9.17) is 10.2 Å². The lowest BCUT2D eigenvalue weighted by Crippen LogP contribution is -2.03. The molecule has 0 saturated heterocycles. The standard InChI is InChI=1S/C9H9NO4.C9H10O2/c1-5-3-7(9(11)12)6(2)8(4-5)10(13)14;1-6-3-4-7(2)8(5-6)9(10)11/h3-4H,1-2H3,(H,11,12);3-5H,1-2H3,(H,10,11). The average molecular weight is 345 g/mol. The highest BCUT2D eigenvalue weighted by atomic mass is 16.6. The second-order valence-corrected chi connectivity index (χ2v) is 5.64. The summed E-state index contributed by atoms with van der Waals surface area (Å²) >= 11 is 0. The highest BCUT2D eigenvalue weighted by Crippen LogP contribution is 2.23. The van der Waals surface area contributed by atoms with E-state index in [1.165, 1.54) is 19.1 Å². The lowest BCUT2D eigenvalue weighted by molar-refractivity contribution is -0.385. The maximum absolute atomic E-state index is 10.7. The van der Waals surface area contributed by atoms with E-state index in [1.54, 1.807) is 19.9 Å². The van der Waals surface area contributed by atoms with Gasteiger partial charge in [0, 0.05) is 11.6 Å². The Kier molecular flexibility index (Phi) is 6.38. The molecular formula is C18H19NO6. The molecule has 2 aromatic rings. The van der Waals surface area contributed by atoms with Crippen molar-refractivity contribution in [3.8, 4) is 0 Å². The molecular weight excluding hydrogens is 326 g/mol. The zero-order chi connectivity index (χ0) is 19.3. The average Bonchev–Trinajstić information content (AvgIpc) is 2.51. The van der Waals surface area contributed by atoms with E-state index in [1.807, 2.05) is 19.1 Å². The maximum Gasteiger partial charge on any atom is 0.336 e. The summed E-state index contributed by atoms with van der Waals surface area (Å²) in [7, 11) is 0.